The molecule has 36 heavy (non-hydrogen) atoms. The monoisotopic (exact) mass is 514 g/mol. The van der Waals surface area contributed by atoms with Crippen LogP contribution in [0.2, 0.25) is 0 Å². The molecular weight excluding hydrogens is 484 g/mol. The summed E-state index contributed by atoms with van der Waals surface area (Å²) < 4.78 is 10.5. The van der Waals surface area contributed by atoms with Crippen LogP contribution in [0.5, 0.6) is 0 Å². The van der Waals surface area contributed by atoms with Crippen LogP contribution in [-0.4, -0.2) is 78.3 Å². The molecule has 1 aromatic heterocycles. The van der Waals surface area contributed by atoms with Gasteiger partial charge >= 0.3 is 12.1 Å². The summed E-state index contributed by atoms with van der Waals surface area (Å²) in [6.45, 7) is 4.14. The number of cyclic esters (lactones) is 1. The molecule has 2 amide bonds. The fraction of sp³-hybridized carbons (Fsp3) is 0.440. The summed E-state index contributed by atoms with van der Waals surface area (Å²) in [5.74, 6) is -0.749. The van der Waals surface area contributed by atoms with E-state index in [0.29, 0.717) is 62.4 Å². The van der Waals surface area contributed by atoms with E-state index in [4.69, 9.17) is 14.9 Å². The number of rotatable bonds is 8. The molecule has 0 aliphatic carbocycles. The number of likely N-dealkylation sites (tertiary alicyclic amines) is 1. The number of nitrogens with zero attached hydrogens (tertiary/aromatic N) is 2. The van der Waals surface area contributed by atoms with E-state index in [2.05, 4.69) is 10.2 Å². The number of piperidine rings is 1. The van der Waals surface area contributed by atoms with E-state index in [1.54, 1.807) is 52.9 Å². The van der Waals surface area contributed by atoms with Crippen molar-refractivity contribution in [3.63, 3.8) is 0 Å². The SMILES string of the molecule is CCOC(=O)CC1(O)CCN(CC2CN(c3ccc(C(=N)NC(=O)c4ccsc4)cc3)C(=O)O2)CC1. The molecule has 0 radical (unpaired) electrons. The zero-order valence-electron chi connectivity index (χ0n) is 20.1. The average Bonchev–Trinajstić information content (AvgIpc) is 3.51. The summed E-state index contributed by atoms with van der Waals surface area (Å²) in [4.78, 5) is 40.1. The molecule has 1 atom stereocenters. The molecule has 1 unspecified atom stereocenters. The Morgan fingerprint density at radius 3 is 2.58 bits per heavy atom. The maximum atomic E-state index is 12.5. The van der Waals surface area contributed by atoms with E-state index in [0.717, 1.165) is 0 Å². The van der Waals surface area contributed by atoms with Gasteiger partial charge in [-0.05, 0) is 55.5 Å². The predicted octanol–water partition coefficient (Wildman–Crippen LogP) is 2.61. The lowest BCUT2D eigenvalue weighted by atomic mass is 9.88. The Labute approximate surface area is 213 Å². The van der Waals surface area contributed by atoms with Crippen LogP contribution in [0.25, 0.3) is 0 Å². The fourth-order valence-electron chi connectivity index (χ4n) is 4.38. The second-order valence-corrected chi connectivity index (χ2v) is 9.79. The third-order valence-electron chi connectivity index (χ3n) is 6.39. The van der Waals surface area contributed by atoms with Gasteiger partial charge in [-0.2, -0.15) is 11.3 Å². The lowest BCUT2D eigenvalue weighted by Crippen LogP contribution is -2.48. The number of nitrogens with one attached hydrogen (secondary N) is 2. The maximum absolute atomic E-state index is 12.5. The zero-order chi connectivity index (χ0) is 25.7. The van der Waals surface area contributed by atoms with Crippen molar-refractivity contribution >= 4 is 40.8 Å². The number of hydrogen-bond acceptors (Lipinski definition) is 9. The Bertz CT molecular complexity index is 1100. The van der Waals surface area contributed by atoms with E-state index >= 15 is 0 Å². The van der Waals surface area contributed by atoms with Gasteiger partial charge < -0.3 is 19.9 Å². The van der Waals surface area contributed by atoms with Crippen LogP contribution in [0.3, 0.4) is 0 Å². The molecule has 1 aromatic carbocycles. The van der Waals surface area contributed by atoms with Crippen molar-refractivity contribution in [2.45, 2.75) is 37.9 Å². The number of amidine groups is 1. The lowest BCUT2D eigenvalue weighted by molar-refractivity contribution is -0.150. The van der Waals surface area contributed by atoms with Gasteiger partial charge in [-0.1, -0.05) is 0 Å². The molecule has 2 aliphatic rings. The highest BCUT2D eigenvalue weighted by Gasteiger charge is 2.38. The van der Waals surface area contributed by atoms with E-state index in [1.165, 1.54) is 11.3 Å². The van der Waals surface area contributed by atoms with Crippen molar-refractivity contribution in [3.05, 3.63) is 52.2 Å². The number of esters is 1. The van der Waals surface area contributed by atoms with Crippen LogP contribution >= 0.6 is 11.3 Å². The van der Waals surface area contributed by atoms with Crippen LogP contribution < -0.4 is 10.2 Å². The smallest absolute Gasteiger partial charge is 0.414 e. The molecule has 2 aromatic rings. The van der Waals surface area contributed by atoms with Gasteiger partial charge in [0.1, 0.15) is 11.9 Å². The molecule has 3 heterocycles. The summed E-state index contributed by atoms with van der Waals surface area (Å²) in [7, 11) is 0. The molecular formula is C25H30N4O6S. The van der Waals surface area contributed by atoms with E-state index in [9.17, 15) is 19.5 Å². The number of amides is 2. The van der Waals surface area contributed by atoms with Crippen molar-refractivity contribution in [3.8, 4) is 0 Å². The van der Waals surface area contributed by atoms with Crippen LogP contribution in [-0.2, 0) is 14.3 Å². The quantitative estimate of drug-likeness (QED) is 0.280. The Morgan fingerprint density at radius 1 is 1.22 bits per heavy atom. The van der Waals surface area contributed by atoms with Gasteiger partial charge in [-0.25, -0.2) is 4.79 Å². The first-order chi connectivity index (χ1) is 17.3. The van der Waals surface area contributed by atoms with Crippen LogP contribution in [0.1, 0.15) is 42.1 Å². The number of ether oxygens (including phenoxy) is 2. The summed E-state index contributed by atoms with van der Waals surface area (Å²) in [6.07, 6.45) is 0.131. The second-order valence-electron chi connectivity index (χ2n) is 9.01. The largest absolute Gasteiger partial charge is 0.466 e. The molecule has 0 saturated carbocycles. The standard InChI is InChI=1S/C25H30N4O6S/c1-2-34-21(30)13-25(33)8-10-28(11-9-25)14-20-15-29(24(32)35-20)19-5-3-17(4-6-19)22(26)27-23(31)18-7-12-36-16-18/h3-7,12,16,20,33H,2,8-11,13-15H2,1H3,(H2,26,27,31). The van der Waals surface area contributed by atoms with E-state index in [-0.39, 0.29) is 30.2 Å². The summed E-state index contributed by atoms with van der Waals surface area (Å²) in [5, 5.41) is 24.9. The van der Waals surface area contributed by atoms with Crippen LogP contribution in [0, 0.1) is 5.41 Å². The van der Waals surface area contributed by atoms with Gasteiger partial charge in [0, 0.05) is 36.3 Å². The maximum Gasteiger partial charge on any atom is 0.414 e. The number of aliphatic hydroxyl groups is 1. The summed E-state index contributed by atoms with van der Waals surface area (Å²) in [5.41, 5.74) is 0.616. The molecule has 2 aliphatic heterocycles. The normalized spacial score (nSPS) is 19.6. The van der Waals surface area contributed by atoms with Crippen molar-refractivity contribution in [1.82, 2.24) is 10.2 Å². The number of thiophene rings is 1. The Balaban J connectivity index is 1.27. The highest BCUT2D eigenvalue weighted by molar-refractivity contribution is 7.08. The van der Waals surface area contributed by atoms with Crippen molar-refractivity contribution in [2.75, 3.05) is 37.7 Å². The third-order valence-corrected chi connectivity index (χ3v) is 7.07. The Kier molecular flexibility index (Phi) is 8.02. The van der Waals surface area contributed by atoms with Gasteiger partial charge in [0.05, 0.1) is 30.7 Å². The molecule has 2 saturated heterocycles. The van der Waals surface area contributed by atoms with E-state index in [1.807, 2.05) is 0 Å². The molecule has 3 N–H and O–H groups in total. The molecule has 2 fully saturated rings. The first kappa shape index (κ1) is 25.8. The average molecular weight is 515 g/mol. The second kappa shape index (κ2) is 11.2. The molecule has 4 rings (SSSR count). The molecule has 0 bridgehead atoms. The van der Waals surface area contributed by atoms with Crippen LogP contribution in [0.15, 0.2) is 41.1 Å². The number of benzene rings is 1. The molecule has 11 heteroatoms. The number of carbonyl (C=O) groups excluding carboxylic acids is 3. The van der Waals surface area contributed by atoms with Gasteiger partial charge in [0.25, 0.3) is 5.91 Å². The van der Waals surface area contributed by atoms with Gasteiger partial charge in [0.15, 0.2) is 0 Å². The minimum atomic E-state index is -1.06. The number of anilines is 1. The highest BCUT2D eigenvalue weighted by atomic mass is 32.1. The van der Waals surface area contributed by atoms with Gasteiger partial charge in [-0.3, -0.25) is 24.8 Å². The Morgan fingerprint density at radius 2 is 1.94 bits per heavy atom. The molecule has 0 spiro atoms. The topological polar surface area (TPSA) is 132 Å². The fourth-order valence-corrected chi connectivity index (χ4v) is 5.02. The predicted molar refractivity (Wildman–Crippen MR) is 135 cm³/mol. The lowest BCUT2D eigenvalue weighted by Gasteiger charge is -2.38. The summed E-state index contributed by atoms with van der Waals surface area (Å²) >= 11 is 1.41. The number of carbonyl (C=O) groups is 3. The van der Waals surface area contributed by atoms with E-state index < -0.39 is 11.7 Å². The van der Waals surface area contributed by atoms with Crippen LogP contribution in [0.4, 0.5) is 10.5 Å². The van der Waals surface area contributed by atoms with Gasteiger partial charge in [-0.15, -0.1) is 0 Å². The third kappa shape index (κ3) is 6.28. The first-order valence-electron chi connectivity index (χ1n) is 11.9. The molecule has 10 nitrogen and oxygen atoms in total. The first-order valence-corrected chi connectivity index (χ1v) is 12.8. The van der Waals surface area contributed by atoms with Crippen molar-refractivity contribution in [2.24, 2.45) is 0 Å². The Hall–Kier alpha value is -3.28. The summed E-state index contributed by atoms with van der Waals surface area (Å²) in [6, 6.07) is 8.50. The minimum Gasteiger partial charge on any atom is -0.466 e. The minimum absolute atomic E-state index is 0.00794. The molecule has 192 valence electrons. The van der Waals surface area contributed by atoms with Crippen molar-refractivity contribution in [1.29, 1.82) is 5.41 Å². The van der Waals surface area contributed by atoms with Crippen molar-refractivity contribution < 1.29 is 29.0 Å². The van der Waals surface area contributed by atoms with Gasteiger partial charge in [0.2, 0.25) is 0 Å². The zero-order valence-corrected chi connectivity index (χ0v) is 20.9. The number of hydrogen-bond donors (Lipinski definition) is 3. The highest BCUT2D eigenvalue weighted by Crippen LogP contribution is 2.28.